The van der Waals surface area contributed by atoms with Crippen LogP contribution in [0.1, 0.15) is 24.0 Å². The van der Waals surface area contributed by atoms with Crippen LogP contribution in [0.2, 0.25) is 0 Å². The molecule has 2 aliphatic rings. The molecular weight excluding hydrogens is 434 g/mol. The topological polar surface area (TPSA) is 119 Å². The Hall–Kier alpha value is -2.50. The quantitative estimate of drug-likeness (QED) is 0.624. The summed E-state index contributed by atoms with van der Waals surface area (Å²) in [6.07, 6.45) is 0.746. The average Bonchev–Trinajstić information content (AvgIpc) is 3.23. The summed E-state index contributed by atoms with van der Waals surface area (Å²) in [5.41, 5.74) is 1.06. The van der Waals surface area contributed by atoms with Crippen molar-refractivity contribution in [3.63, 3.8) is 0 Å². The Morgan fingerprint density at radius 1 is 0.938 bits per heavy atom. The van der Waals surface area contributed by atoms with Gasteiger partial charge in [-0.25, -0.2) is 13.2 Å². The maximum absolute atomic E-state index is 13.3. The molecule has 3 N–H and O–H groups in total. The Balaban J connectivity index is 1.43. The van der Waals surface area contributed by atoms with Crippen molar-refractivity contribution in [2.45, 2.75) is 36.7 Å². The first-order valence-electron chi connectivity index (χ1n) is 10.5. The van der Waals surface area contributed by atoms with Crippen LogP contribution in [-0.2, 0) is 28.0 Å². The van der Waals surface area contributed by atoms with Gasteiger partial charge in [0.25, 0.3) is 0 Å². The van der Waals surface area contributed by atoms with Crippen molar-refractivity contribution in [2.75, 3.05) is 31.6 Å². The molecule has 172 valence electrons. The lowest BCUT2D eigenvalue weighted by atomic mass is 10.0. The van der Waals surface area contributed by atoms with E-state index < -0.39 is 15.7 Å². The molecule has 0 aromatic heterocycles. The van der Waals surface area contributed by atoms with E-state index in [9.17, 15) is 18.3 Å². The van der Waals surface area contributed by atoms with E-state index >= 15 is 0 Å². The molecule has 4 rings (SSSR count). The van der Waals surface area contributed by atoms with Gasteiger partial charge in [-0.2, -0.15) is 4.31 Å². The van der Waals surface area contributed by atoms with Crippen molar-refractivity contribution in [3.05, 3.63) is 59.7 Å². The molecule has 0 radical (unpaired) electrons. The number of nitrogens with zero attached hydrogens (tertiary/aromatic N) is 2. The standard InChI is InChI=1S/C22H27N3O6S/c26-15-17-1-5-19(6-2-17)23-21(28)24-11-9-22(10-12-24)25(13-14-31-22)32(29,30)20-7-3-18(16-27)4-8-20/h1-8,26-27H,9-16H2,(H,23,28). The van der Waals surface area contributed by atoms with E-state index in [0.717, 1.165) is 5.56 Å². The second-order valence-corrected chi connectivity index (χ2v) is 9.81. The summed E-state index contributed by atoms with van der Waals surface area (Å²) in [6.45, 7) is 1.06. The smallest absolute Gasteiger partial charge is 0.321 e. The fourth-order valence-corrected chi connectivity index (χ4v) is 5.90. The van der Waals surface area contributed by atoms with E-state index in [-0.39, 0.29) is 30.7 Å². The van der Waals surface area contributed by atoms with Gasteiger partial charge >= 0.3 is 6.03 Å². The lowest BCUT2D eigenvalue weighted by Gasteiger charge is -2.42. The van der Waals surface area contributed by atoms with Gasteiger partial charge in [-0.15, -0.1) is 0 Å². The van der Waals surface area contributed by atoms with Gasteiger partial charge in [0, 0.05) is 38.2 Å². The molecule has 2 heterocycles. The van der Waals surface area contributed by atoms with Gasteiger partial charge in [-0.3, -0.25) is 0 Å². The van der Waals surface area contributed by atoms with Crippen molar-refractivity contribution in [1.29, 1.82) is 0 Å². The Morgan fingerprint density at radius 3 is 2.06 bits per heavy atom. The lowest BCUT2D eigenvalue weighted by molar-refractivity contribution is -0.0840. The predicted molar refractivity (Wildman–Crippen MR) is 117 cm³/mol. The SMILES string of the molecule is O=C(Nc1ccc(CO)cc1)N1CCC2(CC1)OCCN2S(=O)(=O)c1ccc(CO)cc1. The maximum Gasteiger partial charge on any atom is 0.321 e. The molecule has 10 heteroatoms. The van der Waals surface area contributed by atoms with E-state index in [1.54, 1.807) is 41.3 Å². The number of anilines is 1. The molecule has 2 saturated heterocycles. The zero-order valence-corrected chi connectivity index (χ0v) is 18.4. The molecule has 2 fully saturated rings. The second kappa shape index (κ2) is 9.16. The first kappa shape index (κ1) is 22.7. The number of benzene rings is 2. The van der Waals surface area contributed by atoms with Crippen LogP contribution >= 0.6 is 0 Å². The molecule has 2 aromatic rings. The number of urea groups is 1. The summed E-state index contributed by atoms with van der Waals surface area (Å²) in [7, 11) is -3.78. The fraction of sp³-hybridized carbons (Fsp3) is 0.409. The van der Waals surface area contributed by atoms with Crippen molar-refractivity contribution < 1.29 is 28.2 Å². The third-order valence-electron chi connectivity index (χ3n) is 6.03. The molecule has 1 spiro atoms. The van der Waals surface area contributed by atoms with E-state index in [0.29, 0.717) is 43.8 Å². The molecule has 0 aliphatic carbocycles. The summed E-state index contributed by atoms with van der Waals surface area (Å²) in [5, 5.41) is 21.2. The number of rotatable bonds is 5. The zero-order valence-electron chi connectivity index (χ0n) is 17.6. The van der Waals surface area contributed by atoms with E-state index in [1.165, 1.54) is 16.4 Å². The Labute approximate surface area is 187 Å². The van der Waals surface area contributed by atoms with Crippen molar-refractivity contribution in [1.82, 2.24) is 9.21 Å². The van der Waals surface area contributed by atoms with Crippen LogP contribution in [-0.4, -0.2) is 65.8 Å². The summed E-state index contributed by atoms with van der Waals surface area (Å²) in [5.74, 6) is 0. The number of piperidine rings is 1. The predicted octanol–water partition coefficient (Wildman–Crippen LogP) is 1.72. The molecule has 2 aromatic carbocycles. The molecule has 32 heavy (non-hydrogen) atoms. The first-order chi connectivity index (χ1) is 15.4. The number of aliphatic hydroxyl groups is 2. The van der Waals surface area contributed by atoms with Gasteiger partial charge in [0.05, 0.1) is 24.7 Å². The van der Waals surface area contributed by atoms with Gasteiger partial charge < -0.3 is 25.2 Å². The highest BCUT2D eigenvalue weighted by Crippen LogP contribution is 2.38. The van der Waals surface area contributed by atoms with Crippen LogP contribution in [0.4, 0.5) is 10.5 Å². The van der Waals surface area contributed by atoms with Crippen LogP contribution in [0.5, 0.6) is 0 Å². The minimum Gasteiger partial charge on any atom is -0.392 e. The minimum absolute atomic E-state index is 0.0621. The largest absolute Gasteiger partial charge is 0.392 e. The second-order valence-electron chi connectivity index (χ2n) is 7.95. The summed E-state index contributed by atoms with van der Waals surface area (Å²) in [4.78, 5) is 14.5. The summed E-state index contributed by atoms with van der Waals surface area (Å²) >= 11 is 0. The Bertz CT molecular complexity index is 1050. The number of sulfonamides is 1. The van der Waals surface area contributed by atoms with Crippen LogP contribution in [0.25, 0.3) is 0 Å². The number of aliphatic hydroxyl groups excluding tert-OH is 2. The van der Waals surface area contributed by atoms with E-state index in [4.69, 9.17) is 9.84 Å². The highest BCUT2D eigenvalue weighted by atomic mass is 32.2. The Kier molecular flexibility index (Phi) is 6.50. The van der Waals surface area contributed by atoms with Crippen LogP contribution in [0.3, 0.4) is 0 Å². The molecule has 0 bridgehead atoms. The monoisotopic (exact) mass is 461 g/mol. The van der Waals surface area contributed by atoms with Gasteiger partial charge in [0.2, 0.25) is 10.0 Å². The van der Waals surface area contributed by atoms with Crippen LogP contribution < -0.4 is 5.32 Å². The molecule has 0 saturated carbocycles. The highest BCUT2D eigenvalue weighted by Gasteiger charge is 2.51. The first-order valence-corrected chi connectivity index (χ1v) is 11.9. The maximum atomic E-state index is 13.3. The fourth-order valence-electron chi connectivity index (χ4n) is 4.18. The number of carbonyl (C=O) groups is 1. The summed E-state index contributed by atoms with van der Waals surface area (Å²) in [6, 6.07) is 12.9. The number of nitrogens with one attached hydrogen (secondary N) is 1. The average molecular weight is 462 g/mol. The van der Waals surface area contributed by atoms with Crippen LogP contribution in [0, 0.1) is 0 Å². The molecule has 0 atom stereocenters. The number of hydrogen-bond donors (Lipinski definition) is 3. The number of carbonyl (C=O) groups excluding carboxylic acids is 1. The van der Waals surface area contributed by atoms with Gasteiger partial charge in [0.1, 0.15) is 5.72 Å². The molecule has 9 nitrogen and oxygen atoms in total. The third-order valence-corrected chi connectivity index (χ3v) is 8.00. The number of ether oxygens (including phenoxy) is 1. The zero-order chi connectivity index (χ0) is 22.8. The van der Waals surface area contributed by atoms with Gasteiger partial charge in [0.15, 0.2) is 0 Å². The van der Waals surface area contributed by atoms with Gasteiger partial charge in [-0.05, 0) is 35.4 Å². The Morgan fingerprint density at radius 2 is 1.50 bits per heavy atom. The molecular formula is C22H27N3O6S. The van der Waals surface area contributed by atoms with E-state index in [1.807, 2.05) is 0 Å². The van der Waals surface area contributed by atoms with Crippen molar-refractivity contribution >= 4 is 21.7 Å². The minimum atomic E-state index is -3.78. The molecule has 2 amide bonds. The highest BCUT2D eigenvalue weighted by molar-refractivity contribution is 7.89. The normalized spacial score (nSPS) is 18.8. The lowest BCUT2D eigenvalue weighted by Crippen LogP contribution is -2.56. The summed E-state index contributed by atoms with van der Waals surface area (Å²) < 4.78 is 33.9. The van der Waals surface area contributed by atoms with Crippen molar-refractivity contribution in [2.24, 2.45) is 0 Å². The van der Waals surface area contributed by atoms with Gasteiger partial charge in [-0.1, -0.05) is 24.3 Å². The third kappa shape index (κ3) is 4.37. The molecule has 2 aliphatic heterocycles. The number of likely N-dealkylation sites (tertiary alicyclic amines) is 1. The van der Waals surface area contributed by atoms with Crippen molar-refractivity contribution in [3.8, 4) is 0 Å². The molecule has 0 unspecified atom stereocenters. The van der Waals surface area contributed by atoms with Crippen LogP contribution in [0.15, 0.2) is 53.4 Å². The van der Waals surface area contributed by atoms with E-state index in [2.05, 4.69) is 5.32 Å². The number of amides is 2. The number of hydrogen-bond acceptors (Lipinski definition) is 6.